The van der Waals surface area contributed by atoms with Gasteiger partial charge in [-0.15, -0.1) is 0 Å². The molecule has 0 saturated heterocycles. The number of rotatable bonds is 10. The summed E-state index contributed by atoms with van der Waals surface area (Å²) in [7, 11) is 0. The minimum Gasteiger partial charge on any atom is -0.350 e. The number of carbonyl (C=O) groups excluding carboxylic acids is 4. The molecule has 186 valence electrons. The molecular formula is C28H30N4O4. The van der Waals surface area contributed by atoms with E-state index in [4.69, 9.17) is 0 Å². The standard InChI is InChI=1S/C28H30N4O4/c1-21(22-11-5-2-6-12-22)29-25(33)17-18-26(34)30-31-27(35)19-20-28(36)32(23-13-7-3-8-14-23)24-15-9-4-10-16-24/h2-16,21H,17-20H2,1H3,(H,29,33)(H,30,34)(H,31,35)/t21-/m0/s1. The molecule has 0 aliphatic carbocycles. The van der Waals surface area contributed by atoms with Crippen molar-refractivity contribution in [2.24, 2.45) is 0 Å². The Morgan fingerprint density at radius 3 is 1.53 bits per heavy atom. The summed E-state index contributed by atoms with van der Waals surface area (Å²) in [6.07, 6.45) is -0.252. The van der Waals surface area contributed by atoms with Crippen molar-refractivity contribution >= 4 is 35.0 Å². The van der Waals surface area contributed by atoms with Gasteiger partial charge in [0.25, 0.3) is 0 Å². The summed E-state index contributed by atoms with van der Waals surface area (Å²) in [5.41, 5.74) is 6.96. The largest absolute Gasteiger partial charge is 0.350 e. The second-order valence-corrected chi connectivity index (χ2v) is 8.20. The van der Waals surface area contributed by atoms with E-state index in [1.807, 2.05) is 97.9 Å². The number of para-hydroxylation sites is 2. The summed E-state index contributed by atoms with van der Waals surface area (Å²) in [5, 5.41) is 2.84. The molecule has 1 atom stereocenters. The normalized spacial score (nSPS) is 11.1. The van der Waals surface area contributed by atoms with Gasteiger partial charge in [-0.05, 0) is 36.8 Å². The molecule has 0 aliphatic heterocycles. The Labute approximate surface area is 210 Å². The Morgan fingerprint density at radius 2 is 1.03 bits per heavy atom. The quantitative estimate of drug-likeness (QED) is 0.377. The first kappa shape index (κ1) is 26.2. The molecule has 4 amide bonds. The van der Waals surface area contributed by atoms with Gasteiger partial charge in [-0.25, -0.2) is 0 Å². The number of hydrazine groups is 1. The molecule has 0 aliphatic rings. The molecule has 0 radical (unpaired) electrons. The van der Waals surface area contributed by atoms with Crippen molar-refractivity contribution in [3.05, 3.63) is 96.6 Å². The van der Waals surface area contributed by atoms with Crippen LogP contribution in [0, 0.1) is 0 Å². The Morgan fingerprint density at radius 1 is 0.611 bits per heavy atom. The van der Waals surface area contributed by atoms with Gasteiger partial charge in [-0.1, -0.05) is 66.7 Å². The smallest absolute Gasteiger partial charge is 0.238 e. The summed E-state index contributed by atoms with van der Waals surface area (Å²) < 4.78 is 0. The first-order valence-corrected chi connectivity index (χ1v) is 11.8. The van der Waals surface area contributed by atoms with Crippen LogP contribution in [-0.4, -0.2) is 23.6 Å². The fourth-order valence-corrected chi connectivity index (χ4v) is 3.55. The average molecular weight is 487 g/mol. The lowest BCUT2D eigenvalue weighted by Crippen LogP contribution is -2.42. The molecule has 0 heterocycles. The van der Waals surface area contributed by atoms with E-state index in [0.29, 0.717) is 11.4 Å². The van der Waals surface area contributed by atoms with Gasteiger partial charge < -0.3 is 5.32 Å². The highest BCUT2D eigenvalue weighted by atomic mass is 16.2. The predicted molar refractivity (Wildman–Crippen MR) is 138 cm³/mol. The second-order valence-electron chi connectivity index (χ2n) is 8.20. The number of hydrogen-bond donors (Lipinski definition) is 3. The third kappa shape index (κ3) is 8.09. The van der Waals surface area contributed by atoms with Crippen LogP contribution in [-0.2, 0) is 19.2 Å². The van der Waals surface area contributed by atoms with E-state index >= 15 is 0 Å². The molecule has 8 nitrogen and oxygen atoms in total. The molecule has 3 aromatic carbocycles. The molecule has 0 fully saturated rings. The van der Waals surface area contributed by atoms with Crippen molar-refractivity contribution in [1.82, 2.24) is 16.2 Å². The molecule has 36 heavy (non-hydrogen) atoms. The zero-order valence-electron chi connectivity index (χ0n) is 20.1. The monoisotopic (exact) mass is 486 g/mol. The van der Waals surface area contributed by atoms with E-state index < -0.39 is 11.8 Å². The first-order chi connectivity index (χ1) is 17.4. The summed E-state index contributed by atoms with van der Waals surface area (Å²) in [6.45, 7) is 1.87. The highest BCUT2D eigenvalue weighted by molar-refractivity contribution is 6.01. The lowest BCUT2D eigenvalue weighted by Gasteiger charge is -2.23. The van der Waals surface area contributed by atoms with Gasteiger partial charge in [0.2, 0.25) is 23.6 Å². The highest BCUT2D eigenvalue weighted by Crippen LogP contribution is 2.26. The second kappa shape index (κ2) is 13.4. The Hall–Kier alpha value is -4.46. The highest BCUT2D eigenvalue weighted by Gasteiger charge is 2.19. The van der Waals surface area contributed by atoms with Crippen LogP contribution in [0.2, 0.25) is 0 Å². The van der Waals surface area contributed by atoms with Gasteiger partial charge in [0.1, 0.15) is 0 Å². The van der Waals surface area contributed by atoms with Crippen molar-refractivity contribution in [2.75, 3.05) is 4.90 Å². The van der Waals surface area contributed by atoms with E-state index in [1.54, 1.807) is 4.90 Å². The topological polar surface area (TPSA) is 108 Å². The summed E-state index contributed by atoms with van der Waals surface area (Å²) in [5.74, 6) is -1.51. The van der Waals surface area contributed by atoms with Crippen LogP contribution in [0.3, 0.4) is 0 Å². The van der Waals surface area contributed by atoms with Crippen LogP contribution in [0.1, 0.15) is 44.2 Å². The maximum Gasteiger partial charge on any atom is 0.238 e. The van der Waals surface area contributed by atoms with Gasteiger partial charge in [-0.3, -0.25) is 34.9 Å². The molecular weight excluding hydrogens is 456 g/mol. The maximum absolute atomic E-state index is 13.0. The average Bonchev–Trinajstić information content (AvgIpc) is 2.91. The van der Waals surface area contributed by atoms with Gasteiger partial charge >= 0.3 is 0 Å². The van der Waals surface area contributed by atoms with Crippen LogP contribution < -0.4 is 21.1 Å². The van der Waals surface area contributed by atoms with Crippen molar-refractivity contribution in [3.63, 3.8) is 0 Å². The zero-order chi connectivity index (χ0) is 25.8. The molecule has 0 spiro atoms. The molecule has 0 unspecified atom stereocenters. The third-order valence-corrected chi connectivity index (χ3v) is 5.44. The predicted octanol–water partition coefficient (Wildman–Crippen LogP) is 3.94. The SMILES string of the molecule is C[C@H](NC(=O)CCC(=O)NNC(=O)CCC(=O)N(c1ccccc1)c1ccccc1)c1ccccc1. The molecule has 0 bridgehead atoms. The molecule has 3 aromatic rings. The number of nitrogens with one attached hydrogen (secondary N) is 3. The molecule has 8 heteroatoms. The van der Waals surface area contributed by atoms with Crippen LogP contribution >= 0.6 is 0 Å². The number of benzene rings is 3. The molecule has 3 N–H and O–H groups in total. The maximum atomic E-state index is 13.0. The summed E-state index contributed by atoms with van der Waals surface area (Å²) >= 11 is 0. The fourth-order valence-electron chi connectivity index (χ4n) is 3.55. The van der Waals surface area contributed by atoms with Gasteiger partial charge in [0.05, 0.1) is 6.04 Å². The first-order valence-electron chi connectivity index (χ1n) is 11.8. The van der Waals surface area contributed by atoms with Crippen LogP contribution in [0.25, 0.3) is 0 Å². The minimum absolute atomic E-state index is 0.0134. The summed E-state index contributed by atoms with van der Waals surface area (Å²) in [4.78, 5) is 50.9. The molecule has 0 saturated carbocycles. The number of anilines is 2. The van der Waals surface area contributed by atoms with E-state index in [2.05, 4.69) is 16.2 Å². The van der Waals surface area contributed by atoms with Crippen molar-refractivity contribution < 1.29 is 19.2 Å². The van der Waals surface area contributed by atoms with E-state index in [1.165, 1.54) is 0 Å². The molecule has 0 aromatic heterocycles. The van der Waals surface area contributed by atoms with Crippen LogP contribution in [0.4, 0.5) is 11.4 Å². The third-order valence-electron chi connectivity index (χ3n) is 5.44. The zero-order valence-corrected chi connectivity index (χ0v) is 20.1. The van der Waals surface area contributed by atoms with Crippen molar-refractivity contribution in [1.29, 1.82) is 0 Å². The lowest BCUT2D eigenvalue weighted by atomic mass is 10.1. The Kier molecular flexibility index (Phi) is 9.76. The van der Waals surface area contributed by atoms with Gasteiger partial charge in [-0.2, -0.15) is 0 Å². The summed E-state index contributed by atoms with van der Waals surface area (Å²) in [6, 6.07) is 27.7. The fraction of sp³-hybridized carbons (Fsp3) is 0.214. The number of carbonyl (C=O) groups is 4. The van der Waals surface area contributed by atoms with Crippen LogP contribution in [0.15, 0.2) is 91.0 Å². The van der Waals surface area contributed by atoms with Gasteiger partial charge in [0, 0.05) is 37.1 Å². The van der Waals surface area contributed by atoms with Crippen molar-refractivity contribution in [2.45, 2.75) is 38.6 Å². The number of amides is 4. The van der Waals surface area contributed by atoms with E-state index in [9.17, 15) is 19.2 Å². The van der Waals surface area contributed by atoms with E-state index in [-0.39, 0.29) is 43.5 Å². The lowest BCUT2D eigenvalue weighted by molar-refractivity contribution is -0.131. The van der Waals surface area contributed by atoms with Crippen molar-refractivity contribution in [3.8, 4) is 0 Å². The minimum atomic E-state index is -0.500. The Bertz CT molecular complexity index is 1110. The van der Waals surface area contributed by atoms with E-state index in [0.717, 1.165) is 5.56 Å². The number of hydrogen-bond acceptors (Lipinski definition) is 4. The van der Waals surface area contributed by atoms with Crippen LogP contribution in [0.5, 0.6) is 0 Å². The van der Waals surface area contributed by atoms with Gasteiger partial charge in [0.15, 0.2) is 0 Å². The molecule has 3 rings (SSSR count). The number of nitrogens with zero attached hydrogens (tertiary/aromatic N) is 1. The Balaban J connectivity index is 1.41.